The van der Waals surface area contributed by atoms with E-state index in [1.165, 1.54) is 88.7 Å². The van der Waals surface area contributed by atoms with E-state index in [1.807, 2.05) is 0 Å². The van der Waals surface area contributed by atoms with Crippen LogP contribution in [0.4, 0.5) is 0 Å². The molecule has 0 radical (unpaired) electrons. The first-order valence-corrected chi connectivity index (χ1v) is 15.8. The third kappa shape index (κ3) is 5.34. The number of hydrogen-bond acceptors (Lipinski definition) is 0. The van der Waals surface area contributed by atoms with Crippen LogP contribution in [0.2, 0.25) is 0 Å². The average Bonchev–Trinajstić information content (AvgIpc) is 3.67. The largest absolute Gasteiger partial charge is 0.355 e. The fourth-order valence-corrected chi connectivity index (χ4v) is 7.28. The molecule has 0 unspecified atom stereocenters. The normalized spacial score (nSPS) is 12.3. The smallest absolute Gasteiger partial charge is 0.0441 e. The molecule has 1 aliphatic rings. The van der Waals surface area contributed by atoms with E-state index in [2.05, 4.69) is 99.6 Å². The Morgan fingerprint density at radius 3 is 0.683 bits per heavy atom. The summed E-state index contributed by atoms with van der Waals surface area (Å²) in [4.78, 5) is 15.5. The Morgan fingerprint density at radius 2 is 0.512 bits per heavy atom. The van der Waals surface area contributed by atoms with E-state index in [-0.39, 0.29) is 21.1 Å². The van der Waals surface area contributed by atoms with Crippen molar-refractivity contribution in [3.8, 4) is 0 Å². The first-order chi connectivity index (χ1) is 19.5. The van der Waals surface area contributed by atoms with Gasteiger partial charge in [-0.25, -0.2) is 0 Å². The summed E-state index contributed by atoms with van der Waals surface area (Å²) in [6.45, 7) is 18.3. The molecule has 4 aromatic rings. The van der Waals surface area contributed by atoms with E-state index in [1.54, 1.807) is 0 Å². The summed E-state index contributed by atoms with van der Waals surface area (Å²) < 4.78 is 0. The summed E-state index contributed by atoms with van der Waals surface area (Å²) in [6, 6.07) is 0. The van der Waals surface area contributed by atoms with Crippen LogP contribution in [0.5, 0.6) is 0 Å². The monoisotopic (exact) mass is 731 g/mol. The molecule has 0 amide bonds. The van der Waals surface area contributed by atoms with E-state index in [0.717, 1.165) is 51.4 Å². The third-order valence-corrected chi connectivity index (χ3v) is 9.12. The summed E-state index contributed by atoms with van der Waals surface area (Å²) in [5, 5.41) is 4.94. The molecule has 4 N–H and O–H groups in total. The fourth-order valence-electron chi connectivity index (χ4n) is 7.28. The minimum Gasteiger partial charge on any atom is -0.355 e. The van der Waals surface area contributed by atoms with Crippen LogP contribution in [0.3, 0.4) is 0 Å². The zero-order valence-electron chi connectivity index (χ0n) is 26.3. The molecule has 1 aliphatic heterocycles. The van der Waals surface area contributed by atoms with Crippen molar-refractivity contribution >= 4 is 24.3 Å². The van der Waals surface area contributed by atoms with Crippen molar-refractivity contribution in [2.75, 3.05) is 0 Å². The summed E-state index contributed by atoms with van der Waals surface area (Å²) in [5.41, 5.74) is 16.4. The van der Waals surface area contributed by atoms with E-state index in [9.17, 15) is 0 Å². The number of aromatic nitrogens is 4. The summed E-state index contributed by atoms with van der Waals surface area (Å²) in [7, 11) is 0. The van der Waals surface area contributed by atoms with E-state index in [0.29, 0.717) is 0 Å². The number of rotatable bonds is 8. The summed E-state index contributed by atoms with van der Waals surface area (Å²) >= 11 is 0. The number of fused-ring (bicyclic) bond motifs is 8. The van der Waals surface area contributed by atoms with E-state index >= 15 is 0 Å². The molecular formula is C36H48N4Pt. The van der Waals surface area contributed by atoms with Crippen LogP contribution < -0.4 is 21.4 Å². The maximum absolute atomic E-state index is 3.87. The van der Waals surface area contributed by atoms with Gasteiger partial charge in [-0.3, -0.25) is 0 Å². The first kappa shape index (κ1) is 31.2. The van der Waals surface area contributed by atoms with Crippen LogP contribution in [-0.2, 0) is 72.4 Å². The second kappa shape index (κ2) is 13.1. The average molecular weight is 732 g/mol. The molecule has 41 heavy (non-hydrogen) atoms. The Hall–Kier alpha value is -2.71. The molecule has 0 atom stereocenters. The molecule has 8 bridgehead atoms. The van der Waals surface area contributed by atoms with Gasteiger partial charge in [0.2, 0.25) is 0 Å². The van der Waals surface area contributed by atoms with Gasteiger partial charge in [-0.2, -0.15) is 0 Å². The molecule has 4 nitrogen and oxygen atoms in total. The van der Waals surface area contributed by atoms with Crippen molar-refractivity contribution in [2.45, 2.75) is 107 Å². The molecule has 222 valence electrons. The van der Waals surface area contributed by atoms with Crippen molar-refractivity contribution in [3.05, 3.63) is 88.7 Å². The zero-order chi connectivity index (χ0) is 28.6. The van der Waals surface area contributed by atoms with Crippen LogP contribution in [0.25, 0.3) is 24.3 Å². The number of hydrogen-bond donors (Lipinski definition) is 4. The Labute approximate surface area is 259 Å². The van der Waals surface area contributed by atoms with Gasteiger partial charge in [0.05, 0.1) is 0 Å². The molecular weight excluding hydrogens is 684 g/mol. The third-order valence-electron chi connectivity index (χ3n) is 9.12. The second-order valence-corrected chi connectivity index (χ2v) is 11.0. The minimum absolute atomic E-state index is 0. The molecule has 5 heterocycles. The molecule has 5 heteroatoms. The fraction of sp³-hybridized carbons (Fsp3) is 0.444. The molecule has 0 saturated heterocycles. The van der Waals surface area contributed by atoms with Crippen LogP contribution in [0, 0.1) is 0 Å². The van der Waals surface area contributed by atoms with Crippen molar-refractivity contribution in [1.29, 1.82) is 0 Å². The van der Waals surface area contributed by atoms with Gasteiger partial charge in [0.25, 0.3) is 0 Å². The number of H-pyrrole nitrogens is 4. The topological polar surface area (TPSA) is 63.2 Å². The summed E-state index contributed by atoms with van der Waals surface area (Å²) in [6.07, 6.45) is 17.6. The zero-order valence-corrected chi connectivity index (χ0v) is 28.6. The van der Waals surface area contributed by atoms with Gasteiger partial charge in [0.15, 0.2) is 0 Å². The van der Waals surface area contributed by atoms with Gasteiger partial charge in [-0.15, -0.1) is 0 Å². The second-order valence-electron chi connectivity index (χ2n) is 11.0. The molecule has 4 aromatic heterocycles. The Balaban J connectivity index is 0.00000387. The van der Waals surface area contributed by atoms with Gasteiger partial charge in [0.1, 0.15) is 0 Å². The predicted molar refractivity (Wildman–Crippen MR) is 171 cm³/mol. The number of nitrogens with one attached hydrogen (secondary N) is 4. The van der Waals surface area contributed by atoms with Crippen LogP contribution >= 0.6 is 0 Å². The SMILES string of the molecule is CCc1c2[nH]c(c1CC)C=c1[nH]c(c(CC)c1CC)=Cc1[nH]c(c(CC)c1CC)C=c1[nH]c(c(CC)c1CC)=C2.[Pt]. The molecule has 0 aromatic carbocycles. The van der Waals surface area contributed by atoms with Gasteiger partial charge in [0, 0.05) is 65.2 Å². The molecule has 0 spiro atoms. The molecule has 0 saturated carbocycles. The maximum atomic E-state index is 3.87. The van der Waals surface area contributed by atoms with E-state index in [4.69, 9.17) is 0 Å². The predicted octanol–water partition coefficient (Wildman–Crippen LogP) is 5.12. The van der Waals surface area contributed by atoms with Gasteiger partial charge in [-0.05, 0) is 120 Å². The van der Waals surface area contributed by atoms with Gasteiger partial charge >= 0.3 is 0 Å². The Kier molecular flexibility index (Phi) is 9.96. The molecule has 5 rings (SSSR count). The maximum Gasteiger partial charge on any atom is 0.0441 e. The van der Waals surface area contributed by atoms with Gasteiger partial charge < -0.3 is 19.9 Å². The Morgan fingerprint density at radius 1 is 0.317 bits per heavy atom. The van der Waals surface area contributed by atoms with Crippen molar-refractivity contribution < 1.29 is 21.1 Å². The van der Waals surface area contributed by atoms with Gasteiger partial charge in [-0.1, -0.05) is 55.4 Å². The van der Waals surface area contributed by atoms with Crippen LogP contribution in [0.15, 0.2) is 0 Å². The van der Waals surface area contributed by atoms with Crippen molar-refractivity contribution in [3.63, 3.8) is 0 Å². The Bertz CT molecular complexity index is 1530. The standard InChI is InChI=1S/C36H48N4.Pt/c1-9-21-22(10-2)30-18-32-25(13-5)26(14-6)34(39-32)20-36-28(16-8)27(15-7)35(40-36)19-33-24(12-4)23(11-3)31(38-33)17-29(21)37-30;/h17-20,37-40H,9-16H2,1-8H3;. The summed E-state index contributed by atoms with van der Waals surface area (Å²) in [5.74, 6) is 0. The molecule has 0 fully saturated rings. The van der Waals surface area contributed by atoms with Crippen molar-refractivity contribution in [1.82, 2.24) is 19.9 Å². The molecule has 0 aliphatic carbocycles. The van der Waals surface area contributed by atoms with Crippen molar-refractivity contribution in [2.24, 2.45) is 0 Å². The minimum atomic E-state index is 0. The van der Waals surface area contributed by atoms with Crippen LogP contribution in [0.1, 0.15) is 123 Å². The number of aromatic amines is 4. The van der Waals surface area contributed by atoms with Crippen LogP contribution in [-0.4, -0.2) is 19.9 Å². The quantitative estimate of drug-likeness (QED) is 0.171. The first-order valence-electron chi connectivity index (χ1n) is 15.8. The van der Waals surface area contributed by atoms with E-state index < -0.39 is 0 Å².